The normalized spacial score (nSPS) is 13.8. The Morgan fingerprint density at radius 1 is 0.895 bits per heavy atom. The molecule has 2 aromatic rings. The Labute approximate surface area is 112 Å². The van der Waals surface area contributed by atoms with Gasteiger partial charge in [0.05, 0.1) is 5.56 Å². The van der Waals surface area contributed by atoms with Crippen molar-refractivity contribution in [2.45, 2.75) is 6.42 Å². The van der Waals surface area contributed by atoms with Crippen molar-refractivity contribution in [3.8, 4) is 0 Å². The lowest BCUT2D eigenvalue weighted by Gasteiger charge is -1.95. The number of nitrogens with zero attached hydrogens (tertiary/aromatic N) is 1. The van der Waals surface area contributed by atoms with Crippen molar-refractivity contribution < 1.29 is 4.74 Å². The second-order valence-corrected chi connectivity index (χ2v) is 4.41. The van der Waals surface area contributed by atoms with Gasteiger partial charge in [-0.3, -0.25) is 0 Å². The summed E-state index contributed by atoms with van der Waals surface area (Å²) in [4.78, 5) is 0. The minimum Gasteiger partial charge on any atom is -0.388 e. The van der Waals surface area contributed by atoms with Gasteiger partial charge in [0, 0.05) is 0 Å². The number of ether oxygens (including phenoxy) is 1. The van der Waals surface area contributed by atoms with Gasteiger partial charge in [0.1, 0.15) is 6.42 Å². The molecule has 0 radical (unpaired) electrons. The molecule has 1 heterocycles. The molecule has 1 aliphatic rings. The SMILES string of the molecule is C=C1OC(Cc2ccccc2)=[N+]=C1c1ccccc1. The molecule has 0 fully saturated rings. The minimum atomic E-state index is 0.622. The molecule has 0 saturated carbocycles. The summed E-state index contributed by atoms with van der Waals surface area (Å²) in [5, 5.41) is 0. The molecule has 0 amide bonds. The Hall–Kier alpha value is -2.57. The first kappa shape index (κ1) is 11.5. The third kappa shape index (κ3) is 2.49. The smallest absolute Gasteiger partial charge is 0.388 e. The van der Waals surface area contributed by atoms with E-state index in [-0.39, 0.29) is 0 Å². The van der Waals surface area contributed by atoms with Gasteiger partial charge in [-0.2, -0.15) is 0 Å². The van der Waals surface area contributed by atoms with Crippen LogP contribution >= 0.6 is 0 Å². The standard InChI is InChI=1S/C17H14NO/c1-13-17(15-10-6-3-7-11-15)18-16(19-13)12-14-8-4-2-5-9-14/h2-11H,1,12H2/q+1. The molecule has 0 unspecified atom stereocenters. The van der Waals surface area contributed by atoms with E-state index in [1.807, 2.05) is 48.5 Å². The maximum Gasteiger partial charge on any atom is 0.472 e. The fourth-order valence-electron chi connectivity index (χ4n) is 2.07. The Kier molecular flexibility index (Phi) is 3.01. The summed E-state index contributed by atoms with van der Waals surface area (Å²) >= 11 is 0. The number of hydrogen-bond acceptors (Lipinski definition) is 1. The summed E-state index contributed by atoms with van der Waals surface area (Å²) in [6, 6.07) is 20.1. The fraction of sp³-hybridized carbons (Fsp3) is 0.0588. The summed E-state index contributed by atoms with van der Waals surface area (Å²) in [5.74, 6) is 1.33. The monoisotopic (exact) mass is 248 g/mol. The van der Waals surface area contributed by atoms with E-state index in [4.69, 9.17) is 4.74 Å². The summed E-state index contributed by atoms with van der Waals surface area (Å²) < 4.78 is 10.2. The third-order valence-electron chi connectivity index (χ3n) is 2.99. The molecule has 0 aliphatic carbocycles. The Balaban J connectivity index is 1.91. The van der Waals surface area contributed by atoms with E-state index < -0.39 is 0 Å². The first-order chi connectivity index (χ1) is 9.33. The van der Waals surface area contributed by atoms with Crippen molar-refractivity contribution in [2.24, 2.45) is 0 Å². The molecule has 0 aromatic heterocycles. The maximum absolute atomic E-state index is 5.65. The van der Waals surface area contributed by atoms with Gasteiger partial charge in [-0.25, -0.2) is 0 Å². The molecule has 19 heavy (non-hydrogen) atoms. The number of allylic oxidation sites excluding steroid dienone is 1. The van der Waals surface area contributed by atoms with Gasteiger partial charge in [-0.15, -0.1) is 0 Å². The Bertz CT molecular complexity index is 665. The van der Waals surface area contributed by atoms with Crippen LogP contribution in [0, 0.1) is 0 Å². The summed E-state index contributed by atoms with van der Waals surface area (Å²) in [5.41, 5.74) is 3.05. The van der Waals surface area contributed by atoms with Gasteiger partial charge in [-0.1, -0.05) is 48.5 Å². The van der Waals surface area contributed by atoms with Gasteiger partial charge in [0.15, 0.2) is 0 Å². The molecular weight excluding hydrogens is 234 g/mol. The van der Waals surface area contributed by atoms with Gasteiger partial charge in [0.2, 0.25) is 5.76 Å². The van der Waals surface area contributed by atoms with Crippen LogP contribution in [0.3, 0.4) is 0 Å². The zero-order valence-corrected chi connectivity index (χ0v) is 10.5. The Morgan fingerprint density at radius 2 is 1.53 bits per heavy atom. The van der Waals surface area contributed by atoms with Crippen molar-refractivity contribution in [3.63, 3.8) is 0 Å². The van der Waals surface area contributed by atoms with E-state index in [0.717, 1.165) is 11.3 Å². The fourth-order valence-corrected chi connectivity index (χ4v) is 2.07. The van der Waals surface area contributed by atoms with Crippen molar-refractivity contribution in [1.29, 1.82) is 0 Å². The summed E-state index contributed by atoms with van der Waals surface area (Å²) in [6.45, 7) is 3.93. The van der Waals surface area contributed by atoms with E-state index in [1.54, 1.807) is 0 Å². The van der Waals surface area contributed by atoms with Crippen LogP contribution in [-0.4, -0.2) is 11.6 Å². The molecule has 0 saturated heterocycles. The molecule has 1 aliphatic heterocycles. The van der Waals surface area contributed by atoms with Crippen molar-refractivity contribution >= 4 is 11.6 Å². The van der Waals surface area contributed by atoms with Crippen molar-refractivity contribution in [3.05, 3.63) is 84.1 Å². The highest BCUT2D eigenvalue weighted by molar-refractivity contribution is 6.15. The molecule has 2 aromatic carbocycles. The van der Waals surface area contributed by atoms with Gasteiger partial charge >= 0.3 is 11.6 Å². The van der Waals surface area contributed by atoms with E-state index in [9.17, 15) is 0 Å². The molecule has 0 bridgehead atoms. The van der Waals surface area contributed by atoms with Crippen molar-refractivity contribution in [2.75, 3.05) is 0 Å². The van der Waals surface area contributed by atoms with Gasteiger partial charge in [-0.05, 0) is 28.9 Å². The zero-order valence-electron chi connectivity index (χ0n) is 10.5. The minimum absolute atomic E-state index is 0.622. The predicted octanol–water partition coefficient (Wildman–Crippen LogP) is 2.73. The van der Waals surface area contributed by atoms with Crippen LogP contribution in [0.15, 0.2) is 73.0 Å². The summed E-state index contributed by atoms with van der Waals surface area (Å²) in [6.07, 6.45) is 0.691. The first-order valence-corrected chi connectivity index (χ1v) is 6.24. The van der Waals surface area contributed by atoms with Crippen LogP contribution in [0.25, 0.3) is 0 Å². The number of hydrogen-bond donors (Lipinski definition) is 0. The molecule has 3 rings (SSSR count). The Morgan fingerprint density at radius 3 is 2.21 bits per heavy atom. The van der Waals surface area contributed by atoms with Crippen molar-refractivity contribution in [1.82, 2.24) is 4.67 Å². The highest BCUT2D eigenvalue weighted by atomic mass is 16.5. The summed E-state index contributed by atoms with van der Waals surface area (Å²) in [7, 11) is 0. The van der Waals surface area contributed by atoms with Crippen LogP contribution in [0.1, 0.15) is 11.1 Å². The third-order valence-corrected chi connectivity index (χ3v) is 2.99. The van der Waals surface area contributed by atoms with E-state index in [0.29, 0.717) is 18.1 Å². The second-order valence-electron chi connectivity index (χ2n) is 4.41. The van der Waals surface area contributed by atoms with Crippen LogP contribution in [-0.2, 0) is 11.2 Å². The van der Waals surface area contributed by atoms with Crippen LogP contribution in [0.5, 0.6) is 0 Å². The van der Waals surface area contributed by atoms with Crippen LogP contribution in [0.4, 0.5) is 0 Å². The molecule has 2 nitrogen and oxygen atoms in total. The average molecular weight is 248 g/mol. The zero-order chi connectivity index (χ0) is 13.1. The van der Waals surface area contributed by atoms with E-state index >= 15 is 0 Å². The molecule has 0 spiro atoms. The highest BCUT2D eigenvalue weighted by Crippen LogP contribution is 2.12. The average Bonchev–Trinajstić information content (AvgIpc) is 2.82. The lowest BCUT2D eigenvalue weighted by atomic mass is 10.1. The largest absolute Gasteiger partial charge is 0.472 e. The second kappa shape index (κ2) is 4.97. The molecule has 0 atom stereocenters. The highest BCUT2D eigenvalue weighted by Gasteiger charge is 2.31. The number of rotatable bonds is 3. The first-order valence-electron chi connectivity index (χ1n) is 6.24. The van der Waals surface area contributed by atoms with Crippen LogP contribution in [0.2, 0.25) is 0 Å². The quantitative estimate of drug-likeness (QED) is 0.766. The maximum atomic E-state index is 5.65. The van der Waals surface area contributed by atoms with E-state index in [2.05, 4.69) is 23.4 Å². The molecule has 0 N–H and O–H groups in total. The van der Waals surface area contributed by atoms with Gasteiger partial charge in [0.25, 0.3) is 0 Å². The topological polar surface area (TPSA) is 23.3 Å². The molecular formula is C17H14NO+. The number of benzene rings is 2. The predicted molar refractivity (Wildman–Crippen MR) is 78.1 cm³/mol. The molecule has 92 valence electrons. The van der Waals surface area contributed by atoms with E-state index in [1.165, 1.54) is 5.56 Å². The lowest BCUT2D eigenvalue weighted by Crippen LogP contribution is -2.05. The lowest BCUT2D eigenvalue weighted by molar-refractivity contribution is 0.448. The molecule has 2 heteroatoms. The van der Waals surface area contributed by atoms with Gasteiger partial charge < -0.3 is 4.74 Å². The van der Waals surface area contributed by atoms with Crippen LogP contribution < -0.4 is 4.67 Å².